The second kappa shape index (κ2) is 7.10. The van der Waals surface area contributed by atoms with E-state index in [1.54, 1.807) is 6.07 Å². The number of nitriles is 1. The fraction of sp³-hybridized carbons (Fsp3) is 0.125. The van der Waals surface area contributed by atoms with Crippen molar-refractivity contribution in [1.82, 2.24) is 0 Å². The summed E-state index contributed by atoms with van der Waals surface area (Å²) < 4.78 is 39.7. The van der Waals surface area contributed by atoms with Gasteiger partial charge in [0.1, 0.15) is 12.4 Å². The van der Waals surface area contributed by atoms with Crippen LogP contribution in [0.25, 0.3) is 0 Å². The summed E-state index contributed by atoms with van der Waals surface area (Å²) in [6.45, 7) is 0.877. The van der Waals surface area contributed by atoms with E-state index in [1.165, 1.54) is 49.4 Å². The molecule has 1 N–H and O–H groups in total. The molecule has 0 spiro atoms. The van der Waals surface area contributed by atoms with E-state index in [-0.39, 0.29) is 16.5 Å². The van der Waals surface area contributed by atoms with Gasteiger partial charge < -0.3 is 5.32 Å². The van der Waals surface area contributed by atoms with Crippen molar-refractivity contribution >= 4 is 27.3 Å². The van der Waals surface area contributed by atoms with Gasteiger partial charge in [-0.15, -0.1) is 0 Å². The first-order valence-corrected chi connectivity index (χ1v) is 8.31. The van der Waals surface area contributed by atoms with Gasteiger partial charge in [0, 0.05) is 12.6 Å². The van der Waals surface area contributed by atoms with Gasteiger partial charge in [0.05, 0.1) is 16.7 Å². The summed E-state index contributed by atoms with van der Waals surface area (Å²) in [6, 6.07) is 12.3. The van der Waals surface area contributed by atoms with Crippen molar-refractivity contribution in [3.8, 4) is 6.07 Å². The number of anilines is 2. The smallest absolute Gasteiger partial charge is 0.265 e. The molecule has 8 heteroatoms. The SMILES string of the molecule is CC(=O)Nc1ccc(S(=O)(=O)N(CC#N)c2cccc(F)c2)cc1. The van der Waals surface area contributed by atoms with Gasteiger partial charge in [-0.25, -0.2) is 12.8 Å². The zero-order valence-electron chi connectivity index (χ0n) is 12.7. The Morgan fingerprint density at radius 3 is 2.46 bits per heavy atom. The summed E-state index contributed by atoms with van der Waals surface area (Å²) in [6.07, 6.45) is 0. The predicted molar refractivity (Wildman–Crippen MR) is 87.3 cm³/mol. The van der Waals surface area contributed by atoms with Gasteiger partial charge in [0.2, 0.25) is 5.91 Å². The van der Waals surface area contributed by atoms with Crippen LogP contribution in [0.5, 0.6) is 0 Å². The number of carbonyl (C=O) groups excluding carboxylic acids is 1. The second-order valence-electron chi connectivity index (χ2n) is 4.86. The van der Waals surface area contributed by atoms with Crippen LogP contribution in [-0.2, 0) is 14.8 Å². The summed E-state index contributed by atoms with van der Waals surface area (Å²) in [5, 5.41) is 11.5. The van der Waals surface area contributed by atoms with Crippen LogP contribution >= 0.6 is 0 Å². The van der Waals surface area contributed by atoms with E-state index >= 15 is 0 Å². The summed E-state index contributed by atoms with van der Waals surface area (Å²) in [4.78, 5) is 10.9. The fourth-order valence-electron chi connectivity index (χ4n) is 2.05. The molecule has 0 fully saturated rings. The van der Waals surface area contributed by atoms with E-state index in [0.717, 1.165) is 10.4 Å². The molecule has 0 atom stereocenters. The lowest BCUT2D eigenvalue weighted by molar-refractivity contribution is -0.114. The standard InChI is InChI=1S/C16H14FN3O3S/c1-12(21)19-14-5-7-16(8-6-14)24(22,23)20(10-9-18)15-4-2-3-13(17)11-15/h2-8,11H,10H2,1H3,(H,19,21). The highest BCUT2D eigenvalue weighted by Crippen LogP contribution is 2.25. The fourth-order valence-corrected chi connectivity index (χ4v) is 3.40. The van der Waals surface area contributed by atoms with Crippen molar-refractivity contribution in [2.45, 2.75) is 11.8 Å². The van der Waals surface area contributed by atoms with Crippen LogP contribution in [0.4, 0.5) is 15.8 Å². The molecule has 0 saturated carbocycles. The van der Waals surface area contributed by atoms with Crippen LogP contribution in [0.15, 0.2) is 53.4 Å². The van der Waals surface area contributed by atoms with Gasteiger partial charge in [-0.2, -0.15) is 5.26 Å². The Labute approximate surface area is 139 Å². The maximum Gasteiger partial charge on any atom is 0.265 e. The third-order valence-electron chi connectivity index (χ3n) is 3.07. The molecule has 2 rings (SSSR count). The molecule has 0 aromatic heterocycles. The first-order chi connectivity index (χ1) is 11.3. The van der Waals surface area contributed by atoms with Crippen LogP contribution in [0.2, 0.25) is 0 Å². The molecule has 124 valence electrons. The lowest BCUT2D eigenvalue weighted by Gasteiger charge is -2.21. The Morgan fingerprint density at radius 1 is 1.25 bits per heavy atom. The molecule has 6 nitrogen and oxygen atoms in total. The number of amides is 1. The minimum Gasteiger partial charge on any atom is -0.326 e. The molecule has 0 saturated heterocycles. The Balaban J connectivity index is 2.41. The second-order valence-corrected chi connectivity index (χ2v) is 6.72. The number of rotatable bonds is 5. The summed E-state index contributed by atoms with van der Waals surface area (Å²) in [7, 11) is -4.05. The number of nitrogens with one attached hydrogen (secondary N) is 1. The normalized spacial score (nSPS) is 10.7. The van der Waals surface area contributed by atoms with Crippen molar-refractivity contribution < 1.29 is 17.6 Å². The molecule has 1 amide bonds. The van der Waals surface area contributed by atoms with Crippen molar-refractivity contribution in [3.63, 3.8) is 0 Å². The molecule has 0 heterocycles. The molecule has 2 aromatic rings. The largest absolute Gasteiger partial charge is 0.326 e. The number of sulfonamides is 1. The highest BCUT2D eigenvalue weighted by atomic mass is 32.2. The summed E-state index contributed by atoms with van der Waals surface area (Å²) in [5.74, 6) is -0.886. The Hall–Kier alpha value is -2.92. The Morgan fingerprint density at radius 2 is 1.92 bits per heavy atom. The van der Waals surface area contributed by atoms with Gasteiger partial charge in [0.25, 0.3) is 10.0 Å². The lowest BCUT2D eigenvalue weighted by Crippen LogP contribution is -2.31. The number of hydrogen-bond donors (Lipinski definition) is 1. The molecule has 0 bridgehead atoms. The number of nitrogens with zero attached hydrogens (tertiary/aromatic N) is 2. The molecule has 24 heavy (non-hydrogen) atoms. The number of carbonyl (C=O) groups is 1. The first kappa shape index (κ1) is 17.4. The van der Waals surface area contributed by atoms with E-state index in [4.69, 9.17) is 5.26 Å². The van der Waals surface area contributed by atoms with E-state index in [1.807, 2.05) is 0 Å². The summed E-state index contributed by atoms with van der Waals surface area (Å²) >= 11 is 0. The molecular formula is C16H14FN3O3S. The maximum absolute atomic E-state index is 13.4. The van der Waals surface area contributed by atoms with E-state index in [9.17, 15) is 17.6 Å². The maximum atomic E-state index is 13.4. The van der Waals surface area contributed by atoms with Gasteiger partial charge in [-0.3, -0.25) is 9.10 Å². The van der Waals surface area contributed by atoms with Gasteiger partial charge in [-0.1, -0.05) is 6.07 Å². The lowest BCUT2D eigenvalue weighted by atomic mass is 10.3. The van der Waals surface area contributed by atoms with Gasteiger partial charge in [0.15, 0.2) is 0 Å². The van der Waals surface area contributed by atoms with Crippen LogP contribution in [0.1, 0.15) is 6.92 Å². The van der Waals surface area contributed by atoms with E-state index in [0.29, 0.717) is 5.69 Å². The van der Waals surface area contributed by atoms with Crippen molar-refractivity contribution in [2.24, 2.45) is 0 Å². The van der Waals surface area contributed by atoms with Crippen LogP contribution in [0.3, 0.4) is 0 Å². The monoisotopic (exact) mass is 347 g/mol. The minimum absolute atomic E-state index is 0.0579. The molecule has 0 aliphatic rings. The predicted octanol–water partition coefficient (Wildman–Crippen LogP) is 2.50. The molecule has 0 radical (unpaired) electrons. The number of halogens is 1. The highest BCUT2D eigenvalue weighted by molar-refractivity contribution is 7.92. The van der Waals surface area contributed by atoms with Crippen LogP contribution in [-0.4, -0.2) is 20.9 Å². The zero-order valence-corrected chi connectivity index (χ0v) is 13.5. The Bertz CT molecular complexity index is 890. The first-order valence-electron chi connectivity index (χ1n) is 6.87. The van der Waals surface area contributed by atoms with E-state index < -0.39 is 22.4 Å². The topological polar surface area (TPSA) is 90.3 Å². The molecule has 2 aromatic carbocycles. The van der Waals surface area contributed by atoms with Crippen molar-refractivity contribution in [1.29, 1.82) is 5.26 Å². The van der Waals surface area contributed by atoms with Crippen molar-refractivity contribution in [3.05, 3.63) is 54.3 Å². The molecule has 0 aliphatic carbocycles. The minimum atomic E-state index is -4.05. The van der Waals surface area contributed by atoms with Crippen LogP contribution in [0, 0.1) is 17.1 Å². The number of hydrogen-bond acceptors (Lipinski definition) is 4. The molecule has 0 aliphatic heterocycles. The quantitative estimate of drug-likeness (QED) is 0.842. The third kappa shape index (κ3) is 3.88. The average Bonchev–Trinajstić information content (AvgIpc) is 2.52. The molecular weight excluding hydrogens is 333 g/mol. The molecule has 0 unspecified atom stereocenters. The third-order valence-corrected chi connectivity index (χ3v) is 4.86. The van der Waals surface area contributed by atoms with Crippen molar-refractivity contribution in [2.75, 3.05) is 16.2 Å². The summed E-state index contributed by atoms with van der Waals surface area (Å²) in [5.41, 5.74) is 0.501. The number of benzene rings is 2. The van der Waals surface area contributed by atoms with Crippen LogP contribution < -0.4 is 9.62 Å². The van der Waals surface area contributed by atoms with Gasteiger partial charge in [-0.05, 0) is 42.5 Å². The van der Waals surface area contributed by atoms with Gasteiger partial charge >= 0.3 is 0 Å². The van der Waals surface area contributed by atoms with E-state index in [2.05, 4.69) is 5.32 Å². The highest BCUT2D eigenvalue weighted by Gasteiger charge is 2.25. The Kier molecular flexibility index (Phi) is 5.16. The zero-order chi connectivity index (χ0) is 17.7. The average molecular weight is 347 g/mol.